The molecule has 0 spiro atoms. The van der Waals surface area contributed by atoms with E-state index in [9.17, 15) is 14.0 Å². The maximum Gasteiger partial charge on any atom is 0.319 e. The van der Waals surface area contributed by atoms with Crippen LogP contribution in [0.25, 0.3) is 0 Å². The number of nitrogens with one attached hydrogen (secondary N) is 1. The highest BCUT2D eigenvalue weighted by Crippen LogP contribution is 2.36. The number of hydrogen-bond acceptors (Lipinski definition) is 4. The van der Waals surface area contributed by atoms with Gasteiger partial charge in [0, 0.05) is 11.3 Å². The van der Waals surface area contributed by atoms with E-state index in [-0.39, 0.29) is 29.0 Å². The van der Waals surface area contributed by atoms with Gasteiger partial charge in [-0.15, -0.1) is 11.8 Å². The van der Waals surface area contributed by atoms with Crippen molar-refractivity contribution >= 4 is 40.9 Å². The van der Waals surface area contributed by atoms with Crippen molar-refractivity contribution in [1.29, 1.82) is 0 Å². The Kier molecular flexibility index (Phi) is 8.22. The van der Waals surface area contributed by atoms with Crippen molar-refractivity contribution in [2.24, 2.45) is 0 Å². The quantitative estimate of drug-likeness (QED) is 0.499. The van der Waals surface area contributed by atoms with Gasteiger partial charge in [0.15, 0.2) is 0 Å². The van der Waals surface area contributed by atoms with Crippen LogP contribution in [0.2, 0.25) is 5.02 Å². The smallest absolute Gasteiger partial charge is 0.319 e. The Morgan fingerprint density at radius 1 is 1.32 bits per heavy atom. The summed E-state index contributed by atoms with van der Waals surface area (Å²) in [6, 6.07) is 2.61. The van der Waals surface area contributed by atoms with Crippen LogP contribution in [-0.2, 0) is 14.3 Å². The van der Waals surface area contributed by atoms with Gasteiger partial charge in [-0.1, -0.05) is 31.9 Å². The van der Waals surface area contributed by atoms with Crippen LogP contribution in [0.3, 0.4) is 0 Å². The zero-order valence-corrected chi connectivity index (χ0v) is 16.8. The Hall–Kier alpha value is -1.27. The molecule has 140 valence electrons. The first-order valence-corrected chi connectivity index (χ1v) is 9.51. The number of halogens is 2. The Labute approximate surface area is 157 Å². The van der Waals surface area contributed by atoms with Crippen molar-refractivity contribution in [2.75, 3.05) is 5.32 Å². The average molecular weight is 390 g/mol. The Bertz CT molecular complexity index is 631. The Balaban J connectivity index is 3.05. The highest BCUT2D eigenvalue weighted by atomic mass is 35.5. The van der Waals surface area contributed by atoms with Gasteiger partial charge in [0.2, 0.25) is 5.91 Å². The molecule has 4 nitrogen and oxygen atoms in total. The van der Waals surface area contributed by atoms with Crippen LogP contribution in [0.5, 0.6) is 0 Å². The lowest BCUT2D eigenvalue weighted by atomic mass is 10.2. The van der Waals surface area contributed by atoms with Crippen molar-refractivity contribution in [3.63, 3.8) is 0 Å². The van der Waals surface area contributed by atoms with E-state index in [0.29, 0.717) is 11.3 Å². The Morgan fingerprint density at radius 2 is 1.96 bits per heavy atom. The molecule has 1 atom stereocenters. The average Bonchev–Trinajstić information content (AvgIpc) is 2.49. The van der Waals surface area contributed by atoms with Gasteiger partial charge in [0.1, 0.15) is 16.7 Å². The predicted molar refractivity (Wildman–Crippen MR) is 101 cm³/mol. The number of amides is 1. The van der Waals surface area contributed by atoms with Crippen molar-refractivity contribution in [2.45, 2.75) is 69.6 Å². The number of benzene rings is 1. The molecule has 0 heterocycles. The van der Waals surface area contributed by atoms with Crippen LogP contribution in [0.15, 0.2) is 17.0 Å². The van der Waals surface area contributed by atoms with Crippen LogP contribution in [0.4, 0.5) is 10.1 Å². The van der Waals surface area contributed by atoms with Gasteiger partial charge in [-0.2, -0.15) is 0 Å². The van der Waals surface area contributed by atoms with Crippen molar-refractivity contribution < 1.29 is 18.7 Å². The van der Waals surface area contributed by atoms with Gasteiger partial charge in [0.05, 0.1) is 10.7 Å². The van der Waals surface area contributed by atoms with Crippen LogP contribution < -0.4 is 5.32 Å². The topological polar surface area (TPSA) is 55.4 Å². The minimum atomic E-state index is -0.611. The number of thioether (sulfide) groups is 1. The van der Waals surface area contributed by atoms with Crippen molar-refractivity contribution in [1.82, 2.24) is 0 Å². The van der Waals surface area contributed by atoms with E-state index in [0.717, 1.165) is 12.5 Å². The standard InChI is InChI=1S/C18H25ClFNO3S/c1-6-8-14(17(23)24-18(3,4)5)25-15-10-13(21-16(22)7-2)12(20)9-11(15)19/h9-10,14H,6-8H2,1-5H3,(H,21,22). The number of carbonyl (C=O) groups excluding carboxylic acids is 2. The predicted octanol–water partition coefficient (Wildman–Crippen LogP) is 5.43. The SMILES string of the molecule is CCCC(Sc1cc(NC(=O)CC)c(F)cc1Cl)C(=O)OC(C)(C)C. The summed E-state index contributed by atoms with van der Waals surface area (Å²) in [7, 11) is 0. The minimum Gasteiger partial charge on any atom is -0.459 e. The zero-order valence-electron chi connectivity index (χ0n) is 15.2. The zero-order chi connectivity index (χ0) is 19.2. The van der Waals surface area contributed by atoms with E-state index in [1.165, 1.54) is 17.8 Å². The summed E-state index contributed by atoms with van der Waals surface area (Å²) in [5, 5.41) is 2.24. The lowest BCUT2D eigenvalue weighted by Gasteiger charge is -2.24. The van der Waals surface area contributed by atoms with Crippen molar-refractivity contribution in [3.8, 4) is 0 Å². The fourth-order valence-corrected chi connectivity index (χ4v) is 3.41. The highest BCUT2D eigenvalue weighted by molar-refractivity contribution is 8.00. The molecular weight excluding hydrogens is 365 g/mol. The number of rotatable bonds is 7. The van der Waals surface area contributed by atoms with E-state index in [2.05, 4.69) is 5.32 Å². The first-order valence-electron chi connectivity index (χ1n) is 8.25. The summed E-state index contributed by atoms with van der Waals surface area (Å²) in [6.45, 7) is 9.07. The third-order valence-electron chi connectivity index (χ3n) is 3.11. The second-order valence-electron chi connectivity index (χ2n) is 6.59. The summed E-state index contributed by atoms with van der Waals surface area (Å²) in [4.78, 5) is 24.5. The first kappa shape index (κ1) is 21.8. The van der Waals surface area contributed by atoms with Gasteiger partial charge < -0.3 is 10.1 Å². The number of anilines is 1. The van der Waals surface area contributed by atoms with Gasteiger partial charge in [0.25, 0.3) is 0 Å². The molecule has 1 unspecified atom stereocenters. The second kappa shape index (κ2) is 9.43. The molecule has 1 rings (SSSR count). The molecule has 25 heavy (non-hydrogen) atoms. The molecule has 0 aliphatic heterocycles. The van der Waals surface area contributed by atoms with Gasteiger partial charge >= 0.3 is 5.97 Å². The number of esters is 1. The van der Waals surface area contributed by atoms with Crippen LogP contribution in [-0.4, -0.2) is 22.7 Å². The Morgan fingerprint density at radius 3 is 2.48 bits per heavy atom. The third kappa shape index (κ3) is 7.24. The maximum atomic E-state index is 14.0. The van der Waals surface area contributed by atoms with Crippen LogP contribution in [0, 0.1) is 5.82 Å². The summed E-state index contributed by atoms with van der Waals surface area (Å²) >= 11 is 7.35. The van der Waals surface area contributed by atoms with E-state index >= 15 is 0 Å². The number of hydrogen-bond donors (Lipinski definition) is 1. The molecule has 0 aliphatic rings. The first-order chi connectivity index (χ1) is 11.6. The van der Waals surface area contributed by atoms with E-state index in [1.54, 1.807) is 6.92 Å². The normalized spacial score (nSPS) is 12.6. The van der Waals surface area contributed by atoms with Gasteiger partial charge in [-0.3, -0.25) is 9.59 Å². The summed E-state index contributed by atoms with van der Waals surface area (Å²) in [6.07, 6.45) is 1.62. The molecule has 1 N–H and O–H groups in total. The highest BCUT2D eigenvalue weighted by Gasteiger charge is 2.26. The fourth-order valence-electron chi connectivity index (χ4n) is 1.96. The van der Waals surface area contributed by atoms with Gasteiger partial charge in [-0.05, 0) is 39.3 Å². The summed E-state index contributed by atoms with van der Waals surface area (Å²) in [5.41, 5.74) is -0.533. The largest absolute Gasteiger partial charge is 0.459 e. The molecule has 0 aliphatic carbocycles. The number of carbonyl (C=O) groups is 2. The molecule has 0 saturated heterocycles. The summed E-state index contributed by atoms with van der Waals surface area (Å²) in [5.74, 6) is -1.24. The molecular formula is C18H25ClFNO3S. The lowest BCUT2D eigenvalue weighted by Crippen LogP contribution is -2.30. The van der Waals surface area contributed by atoms with Gasteiger partial charge in [-0.25, -0.2) is 4.39 Å². The van der Waals surface area contributed by atoms with Crippen molar-refractivity contribution in [3.05, 3.63) is 23.0 Å². The molecule has 0 radical (unpaired) electrons. The second-order valence-corrected chi connectivity index (χ2v) is 8.24. The molecule has 1 aromatic rings. The lowest BCUT2D eigenvalue weighted by molar-refractivity contribution is -0.154. The van der Waals surface area contributed by atoms with Crippen LogP contribution >= 0.6 is 23.4 Å². The molecule has 0 fully saturated rings. The molecule has 0 aromatic heterocycles. The molecule has 1 aromatic carbocycles. The van der Waals surface area contributed by atoms with E-state index in [4.69, 9.17) is 16.3 Å². The maximum absolute atomic E-state index is 14.0. The van der Waals surface area contributed by atoms with Crippen LogP contribution in [0.1, 0.15) is 53.9 Å². The van der Waals surface area contributed by atoms with E-state index < -0.39 is 16.7 Å². The molecule has 7 heteroatoms. The summed E-state index contributed by atoms with van der Waals surface area (Å²) < 4.78 is 19.4. The molecule has 0 saturated carbocycles. The monoisotopic (exact) mass is 389 g/mol. The number of ether oxygens (including phenoxy) is 1. The minimum absolute atomic E-state index is 0.0539. The molecule has 0 bridgehead atoms. The fraction of sp³-hybridized carbons (Fsp3) is 0.556. The third-order valence-corrected chi connectivity index (χ3v) is 4.84. The molecule has 1 amide bonds. The van der Waals surface area contributed by atoms with E-state index in [1.807, 2.05) is 27.7 Å².